The van der Waals surface area contributed by atoms with E-state index in [1.54, 1.807) is 0 Å². The Bertz CT molecular complexity index is 620. The molecule has 2 atom stereocenters. The minimum absolute atomic E-state index is 0.0914. The van der Waals surface area contributed by atoms with Crippen LogP contribution in [0.4, 0.5) is 0 Å². The van der Waals surface area contributed by atoms with Crippen LogP contribution >= 0.6 is 0 Å². The fourth-order valence-corrected chi connectivity index (χ4v) is 5.35. The summed E-state index contributed by atoms with van der Waals surface area (Å²) in [4.78, 5) is 29.9. The highest BCUT2D eigenvalue weighted by Gasteiger charge is 2.16. The van der Waals surface area contributed by atoms with Crippen molar-refractivity contribution in [2.24, 2.45) is 0 Å². The van der Waals surface area contributed by atoms with Gasteiger partial charge in [-0.15, -0.1) is 0 Å². The molecule has 0 aliphatic carbocycles. The zero-order valence-corrected chi connectivity index (χ0v) is 25.6. The predicted molar refractivity (Wildman–Crippen MR) is 159 cm³/mol. The summed E-state index contributed by atoms with van der Waals surface area (Å²) < 4.78 is 22.3. The summed E-state index contributed by atoms with van der Waals surface area (Å²) in [5, 5.41) is 0. The lowest BCUT2D eigenvalue weighted by Gasteiger charge is -2.26. The number of esters is 2. The van der Waals surface area contributed by atoms with Crippen molar-refractivity contribution < 1.29 is 28.5 Å². The summed E-state index contributed by atoms with van der Waals surface area (Å²) >= 11 is 0. The van der Waals surface area contributed by atoms with Gasteiger partial charge in [-0.25, -0.2) is 9.59 Å². The maximum atomic E-state index is 12.5. The first-order valence-electron chi connectivity index (χ1n) is 16.3. The SMILES string of the molecule is CCCCC(CCCCCN1CCOCC1)OC(=O)/C=C/C(=O)OC(CCCC)CCCCCN1CCOCC1. The molecule has 2 unspecified atom stereocenters. The van der Waals surface area contributed by atoms with Gasteiger partial charge in [-0.2, -0.15) is 0 Å². The van der Waals surface area contributed by atoms with E-state index < -0.39 is 11.9 Å². The lowest BCUT2D eigenvalue weighted by atomic mass is 10.0. The third kappa shape index (κ3) is 17.4. The summed E-state index contributed by atoms with van der Waals surface area (Å²) in [5.41, 5.74) is 0. The number of rotatable bonds is 22. The van der Waals surface area contributed by atoms with Crippen LogP contribution in [0.25, 0.3) is 0 Å². The Hall–Kier alpha value is -1.48. The van der Waals surface area contributed by atoms with Crippen molar-refractivity contribution in [2.45, 2.75) is 116 Å². The minimum Gasteiger partial charge on any atom is -0.459 e. The molecule has 2 fully saturated rings. The number of ether oxygens (including phenoxy) is 4. The molecule has 0 aromatic rings. The maximum absolute atomic E-state index is 12.5. The number of unbranched alkanes of at least 4 members (excludes halogenated alkanes) is 6. The minimum atomic E-state index is -0.445. The monoisotopic (exact) mass is 566 g/mol. The molecule has 2 aliphatic heterocycles. The van der Waals surface area contributed by atoms with Crippen LogP contribution in [0.2, 0.25) is 0 Å². The van der Waals surface area contributed by atoms with E-state index in [0.29, 0.717) is 0 Å². The van der Waals surface area contributed by atoms with Crippen LogP contribution in [-0.2, 0) is 28.5 Å². The zero-order valence-electron chi connectivity index (χ0n) is 25.6. The van der Waals surface area contributed by atoms with E-state index in [1.165, 1.54) is 12.2 Å². The Kier molecular flexibility index (Phi) is 20.1. The van der Waals surface area contributed by atoms with E-state index in [-0.39, 0.29) is 12.2 Å². The van der Waals surface area contributed by atoms with E-state index in [2.05, 4.69) is 23.6 Å². The quantitative estimate of drug-likeness (QED) is 0.0962. The van der Waals surface area contributed by atoms with Crippen molar-refractivity contribution in [3.8, 4) is 0 Å². The average molecular weight is 567 g/mol. The third-order valence-corrected chi connectivity index (χ3v) is 7.89. The van der Waals surface area contributed by atoms with Crippen molar-refractivity contribution >= 4 is 11.9 Å². The number of morpholine rings is 2. The molecule has 0 spiro atoms. The number of carbonyl (C=O) groups is 2. The fraction of sp³-hybridized carbons (Fsp3) is 0.875. The summed E-state index contributed by atoms with van der Waals surface area (Å²) in [6.07, 6.45) is 16.7. The van der Waals surface area contributed by atoms with Gasteiger partial charge in [-0.1, -0.05) is 52.4 Å². The third-order valence-electron chi connectivity index (χ3n) is 7.89. The molecular weight excluding hydrogens is 508 g/mol. The van der Waals surface area contributed by atoms with E-state index in [9.17, 15) is 9.59 Å². The average Bonchev–Trinajstić information content (AvgIpc) is 2.98. The van der Waals surface area contributed by atoms with Crippen molar-refractivity contribution in [1.82, 2.24) is 9.80 Å². The van der Waals surface area contributed by atoms with Gasteiger partial charge in [-0.3, -0.25) is 9.80 Å². The van der Waals surface area contributed by atoms with E-state index in [4.69, 9.17) is 18.9 Å². The molecule has 2 aliphatic rings. The van der Waals surface area contributed by atoms with Crippen LogP contribution in [0.15, 0.2) is 12.2 Å². The smallest absolute Gasteiger partial charge is 0.331 e. The first-order valence-corrected chi connectivity index (χ1v) is 16.3. The second-order valence-corrected chi connectivity index (χ2v) is 11.3. The Balaban J connectivity index is 1.65. The van der Waals surface area contributed by atoms with Crippen molar-refractivity contribution in [2.75, 3.05) is 65.7 Å². The number of nitrogens with zero attached hydrogens (tertiary/aromatic N) is 2. The van der Waals surface area contributed by atoms with Crippen LogP contribution < -0.4 is 0 Å². The number of hydrogen-bond donors (Lipinski definition) is 0. The first-order chi connectivity index (χ1) is 19.6. The topological polar surface area (TPSA) is 77.5 Å². The lowest BCUT2D eigenvalue weighted by molar-refractivity contribution is -0.146. The molecular formula is C32H58N2O6. The van der Waals surface area contributed by atoms with Crippen LogP contribution in [0.1, 0.15) is 104 Å². The molecule has 0 aromatic carbocycles. The van der Waals surface area contributed by atoms with Crippen LogP contribution in [0.5, 0.6) is 0 Å². The largest absolute Gasteiger partial charge is 0.459 e. The van der Waals surface area contributed by atoms with Crippen molar-refractivity contribution in [3.05, 3.63) is 12.2 Å². The Morgan fingerprint density at radius 3 is 1.35 bits per heavy atom. The van der Waals surface area contributed by atoms with Gasteiger partial charge in [0.1, 0.15) is 12.2 Å². The highest BCUT2D eigenvalue weighted by atomic mass is 16.5. The second kappa shape index (κ2) is 23.1. The Morgan fingerprint density at radius 1 is 0.600 bits per heavy atom. The predicted octanol–water partition coefficient (Wildman–Crippen LogP) is 5.53. The fourth-order valence-electron chi connectivity index (χ4n) is 5.35. The van der Waals surface area contributed by atoms with Gasteiger partial charge in [0.15, 0.2) is 0 Å². The highest BCUT2D eigenvalue weighted by molar-refractivity contribution is 5.91. The lowest BCUT2D eigenvalue weighted by Crippen LogP contribution is -2.36. The molecule has 40 heavy (non-hydrogen) atoms. The zero-order chi connectivity index (χ0) is 28.7. The van der Waals surface area contributed by atoms with Crippen molar-refractivity contribution in [3.63, 3.8) is 0 Å². The summed E-state index contributed by atoms with van der Waals surface area (Å²) in [5.74, 6) is -0.890. The van der Waals surface area contributed by atoms with Gasteiger partial charge in [0, 0.05) is 38.3 Å². The molecule has 2 heterocycles. The standard InChI is InChI=1S/C32H58N2O6/c1-3-5-13-29(15-9-7-11-19-33-21-25-37-26-22-33)39-31(35)17-18-32(36)40-30(14-6-4-2)16-10-8-12-20-34-23-27-38-28-24-34/h17-18,29-30H,3-16,19-28H2,1-2H3/b18-17+. The van der Waals surface area contributed by atoms with Crippen LogP contribution in [-0.4, -0.2) is 99.6 Å². The highest BCUT2D eigenvalue weighted by Crippen LogP contribution is 2.16. The molecule has 0 aromatic heterocycles. The summed E-state index contributed by atoms with van der Waals surface area (Å²) in [7, 11) is 0. The van der Waals surface area contributed by atoms with Crippen LogP contribution in [0, 0.1) is 0 Å². The van der Waals surface area contributed by atoms with Gasteiger partial charge in [-0.05, 0) is 64.5 Å². The normalized spacial score (nSPS) is 18.6. The maximum Gasteiger partial charge on any atom is 0.331 e. The second-order valence-electron chi connectivity index (χ2n) is 11.3. The van der Waals surface area contributed by atoms with E-state index >= 15 is 0 Å². The van der Waals surface area contributed by atoms with Gasteiger partial charge >= 0.3 is 11.9 Å². The van der Waals surface area contributed by atoms with Crippen molar-refractivity contribution in [1.29, 1.82) is 0 Å². The molecule has 0 bridgehead atoms. The van der Waals surface area contributed by atoms with Gasteiger partial charge in [0.2, 0.25) is 0 Å². The van der Waals surface area contributed by atoms with Crippen LogP contribution in [0.3, 0.4) is 0 Å². The molecule has 0 amide bonds. The van der Waals surface area contributed by atoms with E-state index in [1.807, 2.05) is 0 Å². The first kappa shape index (κ1) is 34.7. The van der Waals surface area contributed by atoms with Gasteiger partial charge in [0.25, 0.3) is 0 Å². The van der Waals surface area contributed by atoms with Gasteiger partial charge in [0.05, 0.1) is 26.4 Å². The Morgan fingerprint density at radius 2 is 0.975 bits per heavy atom. The summed E-state index contributed by atoms with van der Waals surface area (Å²) in [6, 6.07) is 0. The molecule has 232 valence electrons. The Labute approximate surface area is 244 Å². The molecule has 8 nitrogen and oxygen atoms in total. The molecule has 0 saturated carbocycles. The van der Waals surface area contributed by atoms with E-state index in [0.717, 1.165) is 156 Å². The number of hydrogen-bond acceptors (Lipinski definition) is 8. The molecule has 8 heteroatoms. The molecule has 2 saturated heterocycles. The molecule has 0 radical (unpaired) electrons. The summed E-state index contributed by atoms with van der Waals surface area (Å²) in [6.45, 7) is 14.0. The molecule has 2 rings (SSSR count). The van der Waals surface area contributed by atoms with Gasteiger partial charge < -0.3 is 18.9 Å². The number of carbonyl (C=O) groups excluding carboxylic acids is 2. The molecule has 0 N–H and O–H groups in total.